The number of nitrogens with one attached hydrogen (secondary N) is 1. The Kier molecular flexibility index (Phi) is 3.97. The first kappa shape index (κ1) is 12.3. The molecule has 0 amide bonds. The van der Waals surface area contributed by atoms with E-state index in [1.807, 2.05) is 13.2 Å². The lowest BCUT2D eigenvalue weighted by molar-refractivity contribution is 0.238. The quantitative estimate of drug-likeness (QED) is 0.823. The van der Waals surface area contributed by atoms with Gasteiger partial charge in [0.15, 0.2) is 0 Å². The molecule has 4 nitrogen and oxygen atoms in total. The molecule has 94 valence electrons. The van der Waals surface area contributed by atoms with E-state index in [0.717, 1.165) is 25.3 Å². The minimum atomic E-state index is 0.283. The number of aromatic nitrogens is 1. The molecule has 0 bridgehead atoms. The first-order valence-electron chi connectivity index (χ1n) is 6.23. The third-order valence-corrected chi connectivity index (χ3v) is 3.57. The van der Waals surface area contributed by atoms with Crippen molar-refractivity contribution in [1.82, 2.24) is 10.3 Å². The number of nitrogens with zero attached hydrogens (tertiary/aromatic N) is 2. The van der Waals surface area contributed by atoms with Gasteiger partial charge in [0, 0.05) is 37.9 Å². The van der Waals surface area contributed by atoms with Gasteiger partial charge in [0.1, 0.15) is 5.82 Å². The highest BCUT2D eigenvalue weighted by Gasteiger charge is 2.22. The lowest BCUT2D eigenvalue weighted by atomic mass is 10.1. The van der Waals surface area contributed by atoms with Crippen LogP contribution in [0.5, 0.6) is 0 Å². The van der Waals surface area contributed by atoms with Gasteiger partial charge in [-0.15, -0.1) is 0 Å². The van der Waals surface area contributed by atoms with E-state index in [0.29, 0.717) is 12.0 Å². The number of hydrogen-bond acceptors (Lipinski definition) is 4. The third kappa shape index (κ3) is 2.76. The summed E-state index contributed by atoms with van der Waals surface area (Å²) in [6, 6.07) is 4.53. The normalized spacial score (nSPS) is 21.8. The van der Waals surface area contributed by atoms with Gasteiger partial charge in [-0.05, 0) is 32.0 Å². The first-order valence-corrected chi connectivity index (χ1v) is 6.23. The molecule has 2 heterocycles. The summed E-state index contributed by atoms with van der Waals surface area (Å²) in [5.74, 6) is 1.43. The van der Waals surface area contributed by atoms with E-state index < -0.39 is 0 Å². The van der Waals surface area contributed by atoms with Gasteiger partial charge in [-0.2, -0.15) is 0 Å². The van der Waals surface area contributed by atoms with E-state index in [-0.39, 0.29) is 6.61 Å². The van der Waals surface area contributed by atoms with Crippen LogP contribution >= 0.6 is 0 Å². The summed E-state index contributed by atoms with van der Waals surface area (Å²) in [6.07, 6.45) is 3.00. The van der Waals surface area contributed by atoms with Gasteiger partial charge in [-0.1, -0.05) is 6.07 Å². The van der Waals surface area contributed by atoms with Crippen molar-refractivity contribution in [1.29, 1.82) is 0 Å². The Labute approximate surface area is 103 Å². The van der Waals surface area contributed by atoms with Crippen LogP contribution in [0.15, 0.2) is 18.3 Å². The Morgan fingerprint density at radius 2 is 2.41 bits per heavy atom. The van der Waals surface area contributed by atoms with Crippen molar-refractivity contribution in [3.63, 3.8) is 0 Å². The molecule has 0 aromatic carbocycles. The fourth-order valence-electron chi connectivity index (χ4n) is 2.20. The Bertz CT molecular complexity index is 352. The topological polar surface area (TPSA) is 48.4 Å². The summed E-state index contributed by atoms with van der Waals surface area (Å²) in [4.78, 5) is 6.75. The molecule has 0 saturated carbocycles. The zero-order valence-corrected chi connectivity index (χ0v) is 10.6. The molecular formula is C13H21N3O. The van der Waals surface area contributed by atoms with E-state index in [1.165, 1.54) is 5.56 Å². The minimum absolute atomic E-state index is 0.283. The molecule has 2 unspecified atom stereocenters. The molecule has 0 radical (unpaired) electrons. The molecule has 2 rings (SSSR count). The highest BCUT2D eigenvalue weighted by molar-refractivity contribution is 5.41. The molecule has 1 fully saturated rings. The van der Waals surface area contributed by atoms with Crippen LogP contribution in [0, 0.1) is 5.92 Å². The molecule has 0 spiro atoms. The zero-order valence-electron chi connectivity index (χ0n) is 10.6. The standard InChI is InChI=1S/C13H21N3O/c1-10(14-2)12-3-4-13(15-7-12)16-6-5-11(8-16)9-17/h3-4,7,10-11,14,17H,5-6,8-9H2,1-2H3. The average molecular weight is 235 g/mol. The van der Waals surface area contributed by atoms with E-state index >= 15 is 0 Å². The fourth-order valence-corrected chi connectivity index (χ4v) is 2.20. The van der Waals surface area contributed by atoms with Crippen LogP contribution in [-0.4, -0.2) is 36.8 Å². The maximum atomic E-state index is 9.12. The highest BCUT2D eigenvalue weighted by atomic mass is 16.3. The average Bonchev–Trinajstić information content (AvgIpc) is 2.87. The second kappa shape index (κ2) is 5.47. The van der Waals surface area contributed by atoms with Crippen molar-refractivity contribution in [2.24, 2.45) is 5.92 Å². The second-order valence-electron chi connectivity index (χ2n) is 4.74. The molecule has 1 aromatic heterocycles. The van der Waals surface area contributed by atoms with E-state index in [1.54, 1.807) is 0 Å². The van der Waals surface area contributed by atoms with Crippen LogP contribution in [0.2, 0.25) is 0 Å². The van der Waals surface area contributed by atoms with Crippen molar-refractivity contribution in [2.45, 2.75) is 19.4 Å². The van der Waals surface area contributed by atoms with Crippen LogP contribution < -0.4 is 10.2 Å². The van der Waals surface area contributed by atoms with Crippen molar-refractivity contribution in [2.75, 3.05) is 31.6 Å². The number of rotatable bonds is 4. The maximum Gasteiger partial charge on any atom is 0.128 e. The molecule has 1 aromatic rings. The Balaban J connectivity index is 2.03. The number of aliphatic hydroxyl groups is 1. The molecule has 2 N–H and O–H groups in total. The van der Waals surface area contributed by atoms with Crippen molar-refractivity contribution in [3.05, 3.63) is 23.9 Å². The van der Waals surface area contributed by atoms with Gasteiger partial charge in [0.25, 0.3) is 0 Å². The first-order chi connectivity index (χ1) is 8.24. The molecule has 17 heavy (non-hydrogen) atoms. The van der Waals surface area contributed by atoms with Crippen LogP contribution in [-0.2, 0) is 0 Å². The molecule has 1 aliphatic rings. The number of hydrogen-bond donors (Lipinski definition) is 2. The Morgan fingerprint density at radius 3 is 2.94 bits per heavy atom. The highest BCUT2D eigenvalue weighted by Crippen LogP contribution is 2.22. The minimum Gasteiger partial charge on any atom is -0.396 e. The van der Waals surface area contributed by atoms with E-state index in [9.17, 15) is 0 Å². The van der Waals surface area contributed by atoms with Gasteiger partial charge >= 0.3 is 0 Å². The van der Waals surface area contributed by atoms with Crippen molar-refractivity contribution in [3.8, 4) is 0 Å². The van der Waals surface area contributed by atoms with E-state index in [4.69, 9.17) is 5.11 Å². The van der Waals surface area contributed by atoms with Crippen molar-refractivity contribution >= 4 is 5.82 Å². The fraction of sp³-hybridized carbons (Fsp3) is 0.615. The molecule has 1 aliphatic heterocycles. The monoisotopic (exact) mass is 235 g/mol. The lowest BCUT2D eigenvalue weighted by Gasteiger charge is -2.18. The van der Waals surface area contributed by atoms with Gasteiger partial charge in [-0.3, -0.25) is 0 Å². The van der Waals surface area contributed by atoms with Crippen molar-refractivity contribution < 1.29 is 5.11 Å². The predicted octanol–water partition coefficient (Wildman–Crippen LogP) is 1.18. The summed E-state index contributed by atoms with van der Waals surface area (Å²) in [7, 11) is 1.95. The maximum absolute atomic E-state index is 9.12. The molecule has 4 heteroatoms. The lowest BCUT2D eigenvalue weighted by Crippen LogP contribution is -2.22. The smallest absolute Gasteiger partial charge is 0.128 e. The van der Waals surface area contributed by atoms with Gasteiger partial charge in [0.2, 0.25) is 0 Å². The summed E-state index contributed by atoms with van der Waals surface area (Å²) in [5.41, 5.74) is 1.20. The predicted molar refractivity (Wildman–Crippen MR) is 69.1 cm³/mol. The SMILES string of the molecule is CNC(C)c1ccc(N2CCC(CO)C2)nc1. The second-order valence-corrected chi connectivity index (χ2v) is 4.74. The van der Waals surface area contributed by atoms with Gasteiger partial charge < -0.3 is 15.3 Å². The van der Waals surface area contributed by atoms with Gasteiger partial charge in [0.05, 0.1) is 0 Å². The molecule has 1 saturated heterocycles. The number of aliphatic hydroxyl groups excluding tert-OH is 1. The molecule has 2 atom stereocenters. The van der Waals surface area contributed by atoms with Crippen LogP contribution in [0.25, 0.3) is 0 Å². The Hall–Kier alpha value is -1.13. The summed E-state index contributed by atoms with van der Waals surface area (Å²) >= 11 is 0. The van der Waals surface area contributed by atoms with Crippen LogP contribution in [0.4, 0.5) is 5.82 Å². The largest absolute Gasteiger partial charge is 0.396 e. The molecular weight excluding hydrogens is 214 g/mol. The summed E-state index contributed by atoms with van der Waals surface area (Å²) in [5, 5.41) is 12.3. The number of anilines is 1. The summed E-state index contributed by atoms with van der Waals surface area (Å²) in [6.45, 7) is 4.32. The zero-order chi connectivity index (χ0) is 12.3. The summed E-state index contributed by atoms with van der Waals surface area (Å²) < 4.78 is 0. The number of pyridine rings is 1. The van der Waals surface area contributed by atoms with E-state index in [2.05, 4.69) is 34.3 Å². The molecule has 0 aliphatic carbocycles. The third-order valence-electron chi connectivity index (χ3n) is 3.57. The van der Waals surface area contributed by atoms with Crippen LogP contribution in [0.3, 0.4) is 0 Å². The Morgan fingerprint density at radius 1 is 1.59 bits per heavy atom. The van der Waals surface area contributed by atoms with Gasteiger partial charge in [-0.25, -0.2) is 4.98 Å². The van der Waals surface area contributed by atoms with Crippen LogP contribution in [0.1, 0.15) is 24.9 Å².